The van der Waals surface area contributed by atoms with Crippen LogP contribution in [0, 0.1) is 0 Å². The summed E-state index contributed by atoms with van der Waals surface area (Å²) >= 11 is 0. The second-order valence-corrected chi connectivity index (χ2v) is 11.7. The highest BCUT2D eigenvalue weighted by Gasteiger charge is 2.14. The average molecular weight is 551 g/mol. The summed E-state index contributed by atoms with van der Waals surface area (Å²) in [4.78, 5) is 23.3. The van der Waals surface area contributed by atoms with Crippen molar-refractivity contribution in [2.45, 2.75) is 200 Å². The summed E-state index contributed by atoms with van der Waals surface area (Å²) in [6, 6.07) is 0. The number of esters is 1. The van der Waals surface area contributed by atoms with Crippen LogP contribution >= 0.6 is 0 Å². The molecule has 1 N–H and O–H groups in total. The number of allylic oxidation sites excluding steroid dienone is 2. The van der Waals surface area contributed by atoms with Gasteiger partial charge in [0.1, 0.15) is 6.10 Å². The van der Waals surface area contributed by atoms with Crippen molar-refractivity contribution >= 4 is 11.9 Å². The first-order valence-electron chi connectivity index (χ1n) is 17.2. The van der Waals surface area contributed by atoms with Gasteiger partial charge in [0, 0.05) is 12.8 Å². The van der Waals surface area contributed by atoms with E-state index in [0.717, 1.165) is 38.5 Å². The number of hydrogen-bond donors (Lipinski definition) is 1. The zero-order valence-corrected chi connectivity index (χ0v) is 26.2. The average Bonchev–Trinajstić information content (AvgIpc) is 2.92. The number of carboxylic acids is 1. The van der Waals surface area contributed by atoms with Crippen LogP contribution in [0.4, 0.5) is 0 Å². The number of carbonyl (C=O) groups is 2. The standard InChI is InChI=1S/C35H66O4/c1-3-5-7-9-11-13-14-15-16-17-18-20-22-24-26-32-35(38)39-33(30-27-28-31-34(36)37)29-25-23-21-19-12-10-8-6-4-2/h15-16,33H,3-14,17-32H2,1-2H3,(H,36,37)/b16-15-. The maximum atomic E-state index is 12.5. The topological polar surface area (TPSA) is 63.6 Å². The van der Waals surface area contributed by atoms with Crippen molar-refractivity contribution in [2.75, 3.05) is 0 Å². The molecule has 0 aliphatic heterocycles. The van der Waals surface area contributed by atoms with Gasteiger partial charge < -0.3 is 9.84 Å². The summed E-state index contributed by atoms with van der Waals surface area (Å²) in [5, 5.41) is 8.89. The highest BCUT2D eigenvalue weighted by atomic mass is 16.5. The number of hydrogen-bond acceptors (Lipinski definition) is 3. The Morgan fingerprint density at radius 3 is 1.41 bits per heavy atom. The van der Waals surface area contributed by atoms with Crippen LogP contribution in [0.15, 0.2) is 12.2 Å². The van der Waals surface area contributed by atoms with Crippen LogP contribution in [0.25, 0.3) is 0 Å². The summed E-state index contributed by atoms with van der Waals surface area (Å²) in [7, 11) is 0. The van der Waals surface area contributed by atoms with Crippen LogP contribution in [-0.4, -0.2) is 23.1 Å². The Balaban J connectivity index is 3.88. The third-order valence-corrected chi connectivity index (χ3v) is 7.74. The van der Waals surface area contributed by atoms with E-state index in [1.165, 1.54) is 122 Å². The van der Waals surface area contributed by atoms with Gasteiger partial charge in [0.05, 0.1) is 0 Å². The van der Waals surface area contributed by atoms with E-state index in [4.69, 9.17) is 9.84 Å². The van der Waals surface area contributed by atoms with Crippen LogP contribution in [0.2, 0.25) is 0 Å². The molecule has 0 saturated heterocycles. The molecule has 4 nitrogen and oxygen atoms in total. The Kier molecular flexibility index (Phi) is 30.2. The fourth-order valence-electron chi connectivity index (χ4n) is 5.18. The molecule has 0 spiro atoms. The molecule has 0 rings (SSSR count). The number of ether oxygens (including phenoxy) is 1. The molecule has 1 unspecified atom stereocenters. The van der Waals surface area contributed by atoms with E-state index in [0.29, 0.717) is 12.8 Å². The van der Waals surface area contributed by atoms with E-state index in [9.17, 15) is 9.59 Å². The molecule has 0 saturated carbocycles. The van der Waals surface area contributed by atoms with Crippen molar-refractivity contribution in [1.82, 2.24) is 0 Å². The Morgan fingerprint density at radius 1 is 0.538 bits per heavy atom. The van der Waals surface area contributed by atoms with Gasteiger partial charge in [0.25, 0.3) is 0 Å². The molecule has 0 heterocycles. The number of aliphatic carboxylic acids is 1. The van der Waals surface area contributed by atoms with Crippen molar-refractivity contribution in [1.29, 1.82) is 0 Å². The zero-order chi connectivity index (χ0) is 28.7. The molecule has 0 aliphatic rings. The molecule has 230 valence electrons. The first-order chi connectivity index (χ1) is 19.1. The monoisotopic (exact) mass is 550 g/mol. The first kappa shape index (κ1) is 37.7. The number of carbonyl (C=O) groups excluding carboxylic acids is 1. The van der Waals surface area contributed by atoms with Crippen LogP contribution in [0.1, 0.15) is 194 Å². The number of carboxylic acid groups (broad SMARTS) is 1. The van der Waals surface area contributed by atoms with Crippen molar-refractivity contribution in [2.24, 2.45) is 0 Å². The lowest BCUT2D eigenvalue weighted by molar-refractivity contribution is -0.150. The van der Waals surface area contributed by atoms with Crippen LogP contribution in [-0.2, 0) is 14.3 Å². The van der Waals surface area contributed by atoms with Gasteiger partial charge >= 0.3 is 11.9 Å². The van der Waals surface area contributed by atoms with Gasteiger partial charge in [0.15, 0.2) is 0 Å². The quantitative estimate of drug-likeness (QED) is 0.0529. The summed E-state index contributed by atoms with van der Waals surface area (Å²) < 4.78 is 5.85. The smallest absolute Gasteiger partial charge is 0.306 e. The van der Waals surface area contributed by atoms with Gasteiger partial charge in [-0.15, -0.1) is 0 Å². The molecule has 0 amide bonds. The lowest BCUT2D eigenvalue weighted by Crippen LogP contribution is -2.18. The first-order valence-corrected chi connectivity index (χ1v) is 17.2. The van der Waals surface area contributed by atoms with E-state index in [1.54, 1.807) is 0 Å². The Hall–Kier alpha value is -1.32. The highest BCUT2D eigenvalue weighted by Crippen LogP contribution is 2.18. The third-order valence-electron chi connectivity index (χ3n) is 7.74. The van der Waals surface area contributed by atoms with E-state index in [1.807, 2.05) is 0 Å². The van der Waals surface area contributed by atoms with Crippen LogP contribution in [0.3, 0.4) is 0 Å². The maximum Gasteiger partial charge on any atom is 0.306 e. The minimum absolute atomic E-state index is 0.0426. The third kappa shape index (κ3) is 31.1. The summed E-state index contributed by atoms with van der Waals surface area (Å²) in [6.45, 7) is 4.52. The minimum atomic E-state index is -0.744. The number of unbranched alkanes of at least 4 members (excludes halogenated alkanes) is 20. The predicted octanol–water partition coefficient (Wildman–Crippen LogP) is 11.5. The van der Waals surface area contributed by atoms with Crippen molar-refractivity contribution < 1.29 is 19.4 Å². The lowest BCUT2D eigenvalue weighted by atomic mass is 10.0. The number of rotatable bonds is 31. The van der Waals surface area contributed by atoms with E-state index < -0.39 is 5.97 Å². The normalized spacial score (nSPS) is 12.3. The molecule has 0 aliphatic carbocycles. The van der Waals surface area contributed by atoms with Crippen LogP contribution in [0.5, 0.6) is 0 Å². The fourth-order valence-corrected chi connectivity index (χ4v) is 5.18. The minimum Gasteiger partial charge on any atom is -0.481 e. The molecular weight excluding hydrogens is 484 g/mol. The lowest BCUT2D eigenvalue weighted by Gasteiger charge is -2.18. The van der Waals surface area contributed by atoms with Gasteiger partial charge in [-0.05, 0) is 64.2 Å². The Morgan fingerprint density at radius 2 is 0.923 bits per heavy atom. The molecule has 0 aromatic rings. The van der Waals surface area contributed by atoms with Crippen molar-refractivity contribution in [3.05, 3.63) is 12.2 Å². The predicted molar refractivity (Wildman–Crippen MR) is 167 cm³/mol. The fraction of sp³-hybridized carbons (Fsp3) is 0.886. The molecule has 0 fully saturated rings. The molecule has 0 bridgehead atoms. The SMILES string of the molecule is CCCCCCCC/C=C\CCCCCCCC(=O)OC(CCCCCCCCCCC)CCCCC(=O)O. The van der Waals surface area contributed by atoms with Gasteiger partial charge in [-0.3, -0.25) is 9.59 Å². The summed E-state index contributed by atoms with van der Waals surface area (Å²) in [5.41, 5.74) is 0. The van der Waals surface area contributed by atoms with Gasteiger partial charge in [0.2, 0.25) is 0 Å². The molecule has 1 atom stereocenters. The summed E-state index contributed by atoms with van der Waals surface area (Å²) in [6.07, 6.45) is 36.4. The van der Waals surface area contributed by atoms with Gasteiger partial charge in [-0.25, -0.2) is 0 Å². The second kappa shape index (κ2) is 31.2. The molecule has 0 radical (unpaired) electrons. The summed E-state index contributed by atoms with van der Waals surface area (Å²) in [5.74, 6) is -0.807. The molecule has 4 heteroatoms. The second-order valence-electron chi connectivity index (χ2n) is 11.7. The van der Waals surface area contributed by atoms with E-state index >= 15 is 0 Å². The molecular formula is C35H66O4. The van der Waals surface area contributed by atoms with E-state index in [-0.39, 0.29) is 18.5 Å². The highest BCUT2D eigenvalue weighted by molar-refractivity contribution is 5.69. The maximum absolute atomic E-state index is 12.5. The van der Waals surface area contributed by atoms with Gasteiger partial charge in [-0.1, -0.05) is 129 Å². The van der Waals surface area contributed by atoms with Crippen molar-refractivity contribution in [3.63, 3.8) is 0 Å². The zero-order valence-electron chi connectivity index (χ0n) is 26.2. The largest absolute Gasteiger partial charge is 0.481 e. The van der Waals surface area contributed by atoms with Crippen LogP contribution < -0.4 is 0 Å². The molecule has 0 aromatic carbocycles. The van der Waals surface area contributed by atoms with Crippen molar-refractivity contribution in [3.8, 4) is 0 Å². The Bertz CT molecular complexity index is 557. The molecule has 39 heavy (non-hydrogen) atoms. The molecule has 0 aromatic heterocycles. The van der Waals surface area contributed by atoms with E-state index in [2.05, 4.69) is 26.0 Å². The Labute approximate surface area is 243 Å². The van der Waals surface area contributed by atoms with Gasteiger partial charge in [-0.2, -0.15) is 0 Å².